The first kappa shape index (κ1) is 21.2. The van der Waals surface area contributed by atoms with Crippen LogP contribution in [-0.4, -0.2) is 24.0 Å². The Morgan fingerprint density at radius 2 is 1.79 bits per heavy atom. The fourth-order valence-corrected chi connectivity index (χ4v) is 4.33. The van der Waals surface area contributed by atoms with Gasteiger partial charge in [0.2, 0.25) is 5.90 Å². The quantitative estimate of drug-likeness (QED) is 0.248. The molecule has 33 heavy (non-hydrogen) atoms. The van der Waals surface area contributed by atoms with Crippen molar-refractivity contribution in [2.75, 3.05) is 7.11 Å². The Hall–Kier alpha value is -3.61. The number of carbonyl (C=O) groups is 1. The largest absolute Gasteiger partial charge is 0.497 e. The van der Waals surface area contributed by atoms with E-state index in [2.05, 4.69) is 4.99 Å². The molecular weight excluding hydrogens is 456 g/mol. The van der Waals surface area contributed by atoms with E-state index in [4.69, 9.17) is 26.1 Å². The molecular formula is C26H17ClN2O3S. The molecule has 1 aliphatic heterocycles. The number of aliphatic imine (C=N–C) groups is 1. The molecule has 0 fully saturated rings. The number of pyridine rings is 1. The molecule has 2 heterocycles. The van der Waals surface area contributed by atoms with Crippen molar-refractivity contribution in [2.45, 2.75) is 9.92 Å². The second-order valence-corrected chi connectivity index (χ2v) is 8.70. The van der Waals surface area contributed by atoms with Crippen LogP contribution in [-0.2, 0) is 9.53 Å². The molecule has 0 N–H and O–H groups in total. The van der Waals surface area contributed by atoms with Gasteiger partial charge in [0.05, 0.1) is 12.6 Å². The Balaban J connectivity index is 1.60. The zero-order valence-electron chi connectivity index (χ0n) is 17.5. The second-order valence-electron chi connectivity index (χ2n) is 7.20. The zero-order valence-corrected chi connectivity index (χ0v) is 19.1. The summed E-state index contributed by atoms with van der Waals surface area (Å²) in [6.45, 7) is 0. The molecule has 3 aromatic carbocycles. The molecule has 0 unspecified atom stereocenters. The topological polar surface area (TPSA) is 60.8 Å². The van der Waals surface area contributed by atoms with E-state index < -0.39 is 5.97 Å². The molecule has 0 saturated carbocycles. The van der Waals surface area contributed by atoms with Crippen LogP contribution in [0.2, 0.25) is 5.02 Å². The summed E-state index contributed by atoms with van der Waals surface area (Å²) in [6.07, 6.45) is 1.72. The molecule has 0 spiro atoms. The van der Waals surface area contributed by atoms with Crippen molar-refractivity contribution in [3.63, 3.8) is 0 Å². The van der Waals surface area contributed by atoms with Gasteiger partial charge in [-0.25, -0.2) is 14.8 Å². The standard InChI is InChI=1S/C26H17ClN2O3S/c1-31-20-10-7-17-13-18(14-23-26(30)32-24(28-23)16-5-3-2-4-6-16)25(29-22(17)15-20)33-21-11-8-19(27)9-12-21/h2-15H,1H3/b23-14+. The third kappa shape index (κ3) is 4.62. The number of halogens is 1. The lowest BCUT2D eigenvalue weighted by Crippen LogP contribution is -2.05. The van der Waals surface area contributed by atoms with Crippen LogP contribution in [0.15, 0.2) is 99.5 Å². The number of hydrogen-bond donors (Lipinski definition) is 0. The molecule has 7 heteroatoms. The van der Waals surface area contributed by atoms with E-state index in [0.29, 0.717) is 5.02 Å². The predicted octanol–water partition coefficient (Wildman–Crippen LogP) is 6.39. The number of fused-ring (bicyclic) bond motifs is 1. The minimum Gasteiger partial charge on any atom is -0.497 e. The van der Waals surface area contributed by atoms with E-state index in [1.807, 2.05) is 78.9 Å². The summed E-state index contributed by atoms with van der Waals surface area (Å²) >= 11 is 7.51. The number of cyclic esters (lactones) is 1. The van der Waals surface area contributed by atoms with Crippen LogP contribution < -0.4 is 4.74 Å². The van der Waals surface area contributed by atoms with Gasteiger partial charge >= 0.3 is 5.97 Å². The van der Waals surface area contributed by atoms with Gasteiger partial charge in [0, 0.05) is 32.5 Å². The summed E-state index contributed by atoms with van der Waals surface area (Å²) in [5.41, 5.74) is 2.52. The van der Waals surface area contributed by atoms with Crippen LogP contribution in [0.5, 0.6) is 5.75 Å². The van der Waals surface area contributed by atoms with Crippen LogP contribution in [0.25, 0.3) is 17.0 Å². The third-order valence-electron chi connectivity index (χ3n) is 4.98. The highest BCUT2D eigenvalue weighted by molar-refractivity contribution is 7.99. The van der Waals surface area contributed by atoms with Gasteiger partial charge in [0.1, 0.15) is 10.8 Å². The van der Waals surface area contributed by atoms with Crippen molar-refractivity contribution in [1.29, 1.82) is 0 Å². The highest BCUT2D eigenvalue weighted by Gasteiger charge is 2.24. The minimum absolute atomic E-state index is 0.224. The number of benzene rings is 3. The number of rotatable bonds is 5. The van der Waals surface area contributed by atoms with Crippen LogP contribution >= 0.6 is 23.4 Å². The van der Waals surface area contributed by atoms with E-state index in [1.54, 1.807) is 13.2 Å². The summed E-state index contributed by atoms with van der Waals surface area (Å²) in [5.74, 6) is 0.517. The molecule has 0 radical (unpaired) electrons. The van der Waals surface area contributed by atoms with Gasteiger partial charge in [0.25, 0.3) is 0 Å². The normalized spacial score (nSPS) is 14.4. The molecule has 5 nitrogen and oxygen atoms in total. The molecule has 1 aromatic heterocycles. The molecule has 1 aliphatic rings. The fourth-order valence-electron chi connectivity index (χ4n) is 3.33. The van der Waals surface area contributed by atoms with E-state index in [9.17, 15) is 4.79 Å². The summed E-state index contributed by atoms with van der Waals surface area (Å²) in [6, 6.07) is 24.5. The summed E-state index contributed by atoms with van der Waals surface area (Å²) in [5, 5.41) is 2.30. The van der Waals surface area contributed by atoms with Gasteiger partial charge < -0.3 is 9.47 Å². The van der Waals surface area contributed by atoms with Crippen LogP contribution in [0.1, 0.15) is 11.1 Å². The third-order valence-corrected chi connectivity index (χ3v) is 6.26. The predicted molar refractivity (Wildman–Crippen MR) is 131 cm³/mol. The van der Waals surface area contributed by atoms with Crippen molar-refractivity contribution >= 4 is 52.2 Å². The molecule has 162 valence electrons. The summed E-state index contributed by atoms with van der Waals surface area (Å²) in [7, 11) is 1.62. The van der Waals surface area contributed by atoms with Crippen molar-refractivity contribution < 1.29 is 14.3 Å². The number of ether oxygens (including phenoxy) is 2. The highest BCUT2D eigenvalue weighted by Crippen LogP contribution is 2.34. The Bertz CT molecular complexity index is 1420. The van der Waals surface area contributed by atoms with Crippen molar-refractivity contribution in [3.05, 3.63) is 101 Å². The SMILES string of the molecule is COc1ccc2cc(/C=C3/N=C(c4ccccc4)OC3=O)c(Sc3ccc(Cl)cc3)nc2c1. The number of nitrogens with zero attached hydrogens (tertiary/aromatic N) is 2. The molecule has 0 amide bonds. The minimum atomic E-state index is -0.494. The Morgan fingerprint density at radius 3 is 2.55 bits per heavy atom. The van der Waals surface area contributed by atoms with Crippen molar-refractivity contribution in [3.8, 4) is 5.75 Å². The fraction of sp³-hybridized carbons (Fsp3) is 0.0385. The number of carbonyl (C=O) groups excluding carboxylic acids is 1. The first-order valence-corrected chi connectivity index (χ1v) is 11.3. The average Bonchev–Trinajstić information content (AvgIpc) is 3.21. The van der Waals surface area contributed by atoms with E-state index in [1.165, 1.54) is 11.8 Å². The maximum atomic E-state index is 12.6. The van der Waals surface area contributed by atoms with Gasteiger partial charge in [-0.15, -0.1) is 0 Å². The number of methoxy groups -OCH3 is 1. The summed E-state index contributed by atoms with van der Waals surface area (Å²) < 4.78 is 10.8. The summed E-state index contributed by atoms with van der Waals surface area (Å²) in [4.78, 5) is 22.8. The maximum Gasteiger partial charge on any atom is 0.363 e. The average molecular weight is 473 g/mol. The number of esters is 1. The van der Waals surface area contributed by atoms with Crippen LogP contribution in [0.3, 0.4) is 0 Å². The van der Waals surface area contributed by atoms with Gasteiger partial charge in [-0.05, 0) is 60.7 Å². The molecule has 5 rings (SSSR count). The van der Waals surface area contributed by atoms with Crippen molar-refractivity contribution in [2.24, 2.45) is 4.99 Å². The molecule has 0 atom stereocenters. The second kappa shape index (κ2) is 9.10. The Morgan fingerprint density at radius 1 is 1.00 bits per heavy atom. The maximum absolute atomic E-state index is 12.6. The van der Waals surface area contributed by atoms with Crippen LogP contribution in [0.4, 0.5) is 0 Å². The lowest BCUT2D eigenvalue weighted by Gasteiger charge is -2.09. The lowest BCUT2D eigenvalue weighted by molar-refractivity contribution is -0.129. The van der Waals surface area contributed by atoms with Gasteiger partial charge in [-0.2, -0.15) is 0 Å². The molecule has 0 bridgehead atoms. The Kier molecular flexibility index (Phi) is 5.86. The van der Waals surface area contributed by atoms with E-state index >= 15 is 0 Å². The van der Waals surface area contributed by atoms with Gasteiger partial charge in [-0.1, -0.05) is 41.6 Å². The van der Waals surface area contributed by atoms with Gasteiger partial charge in [-0.3, -0.25) is 0 Å². The number of aromatic nitrogens is 1. The smallest absolute Gasteiger partial charge is 0.363 e. The first-order chi connectivity index (χ1) is 16.1. The van der Waals surface area contributed by atoms with Gasteiger partial charge in [0.15, 0.2) is 5.70 Å². The molecule has 0 saturated heterocycles. The molecule has 0 aliphatic carbocycles. The van der Waals surface area contributed by atoms with Crippen LogP contribution in [0, 0.1) is 0 Å². The number of hydrogen-bond acceptors (Lipinski definition) is 6. The first-order valence-electron chi connectivity index (χ1n) is 10.1. The molecule has 4 aromatic rings. The van der Waals surface area contributed by atoms with Crippen molar-refractivity contribution in [1.82, 2.24) is 4.98 Å². The Labute approximate surface area is 199 Å². The van der Waals surface area contributed by atoms with E-state index in [0.717, 1.165) is 37.7 Å². The van der Waals surface area contributed by atoms with E-state index in [-0.39, 0.29) is 11.6 Å². The highest BCUT2D eigenvalue weighted by atomic mass is 35.5. The monoisotopic (exact) mass is 472 g/mol. The zero-order chi connectivity index (χ0) is 22.8. The lowest BCUT2D eigenvalue weighted by atomic mass is 10.1.